The number of carbonyl (C=O) groups excluding carboxylic acids is 3. The number of carboxylic acid groups (broad SMARTS) is 1. The predicted octanol–water partition coefficient (Wildman–Crippen LogP) is 0.190. The predicted molar refractivity (Wildman–Crippen MR) is 121 cm³/mol. The number of nitrogens with one attached hydrogen (secondary N) is 2. The molecule has 1 fully saturated rings. The van der Waals surface area contributed by atoms with Crippen LogP contribution in [0.1, 0.15) is 66.2 Å². The minimum Gasteiger partial charge on any atom is -0.480 e. The second-order valence-corrected chi connectivity index (χ2v) is 9.02. The first-order valence-electron chi connectivity index (χ1n) is 11.6. The number of amides is 3. The Morgan fingerprint density at radius 3 is 2.31 bits per heavy atom. The molecule has 0 aromatic heterocycles. The highest BCUT2D eigenvalue weighted by Gasteiger charge is 2.38. The van der Waals surface area contributed by atoms with E-state index in [1.165, 1.54) is 4.90 Å². The lowest BCUT2D eigenvalue weighted by molar-refractivity contribution is -0.144. The van der Waals surface area contributed by atoms with Crippen LogP contribution in [0, 0.1) is 11.8 Å². The van der Waals surface area contributed by atoms with Crippen LogP contribution < -0.4 is 22.1 Å². The van der Waals surface area contributed by atoms with Crippen molar-refractivity contribution in [3.05, 3.63) is 0 Å². The van der Waals surface area contributed by atoms with Crippen LogP contribution in [0.15, 0.2) is 0 Å². The molecule has 184 valence electrons. The highest BCUT2D eigenvalue weighted by molar-refractivity contribution is 5.94. The smallest absolute Gasteiger partial charge is 0.326 e. The summed E-state index contributed by atoms with van der Waals surface area (Å²) in [5, 5.41) is 14.8. The maximum absolute atomic E-state index is 13.0. The number of nitrogens with zero attached hydrogens (tertiary/aromatic N) is 1. The minimum absolute atomic E-state index is 0.0601. The molecule has 0 spiro atoms. The molecule has 0 aromatic rings. The largest absolute Gasteiger partial charge is 0.480 e. The lowest BCUT2D eigenvalue weighted by atomic mass is 9.98. The average molecular weight is 456 g/mol. The number of hydrogen-bond acceptors (Lipinski definition) is 6. The summed E-state index contributed by atoms with van der Waals surface area (Å²) in [5.41, 5.74) is 11.6. The van der Waals surface area contributed by atoms with Crippen molar-refractivity contribution in [2.24, 2.45) is 23.3 Å². The molecule has 32 heavy (non-hydrogen) atoms. The molecule has 1 rings (SSSR count). The third kappa shape index (κ3) is 7.74. The zero-order valence-corrected chi connectivity index (χ0v) is 19.8. The van der Waals surface area contributed by atoms with E-state index in [0.717, 1.165) is 0 Å². The molecule has 10 heteroatoms. The van der Waals surface area contributed by atoms with Gasteiger partial charge in [-0.1, -0.05) is 34.1 Å². The summed E-state index contributed by atoms with van der Waals surface area (Å²) in [7, 11) is 0. The van der Waals surface area contributed by atoms with E-state index in [9.17, 15) is 24.3 Å². The van der Waals surface area contributed by atoms with Gasteiger partial charge < -0.3 is 32.1 Å². The zero-order chi connectivity index (χ0) is 24.4. The maximum atomic E-state index is 13.0. The summed E-state index contributed by atoms with van der Waals surface area (Å²) < 4.78 is 0. The molecule has 1 saturated heterocycles. The molecule has 0 aliphatic carbocycles. The Bertz CT molecular complexity index is 657. The van der Waals surface area contributed by atoms with Crippen LogP contribution in [0.25, 0.3) is 0 Å². The van der Waals surface area contributed by atoms with E-state index >= 15 is 0 Å². The zero-order valence-electron chi connectivity index (χ0n) is 19.8. The molecule has 5 unspecified atom stereocenters. The van der Waals surface area contributed by atoms with Crippen molar-refractivity contribution in [1.29, 1.82) is 0 Å². The molecule has 7 N–H and O–H groups in total. The van der Waals surface area contributed by atoms with Gasteiger partial charge in [0.15, 0.2) is 0 Å². The van der Waals surface area contributed by atoms with Crippen LogP contribution in [-0.2, 0) is 19.2 Å². The Balaban J connectivity index is 2.94. The molecule has 3 amide bonds. The molecule has 0 saturated carbocycles. The van der Waals surface area contributed by atoms with Gasteiger partial charge >= 0.3 is 5.97 Å². The van der Waals surface area contributed by atoms with E-state index in [1.807, 2.05) is 20.8 Å². The SMILES string of the molecule is CCC(C)C(NC(=O)C(CCCCN)NC(=O)C1CCCN1C(=O)C(N)C(C)C)C(=O)O. The quantitative estimate of drug-likeness (QED) is 0.247. The Morgan fingerprint density at radius 1 is 1.12 bits per heavy atom. The molecule has 10 nitrogen and oxygen atoms in total. The molecular formula is C22H41N5O5. The molecule has 1 heterocycles. The summed E-state index contributed by atoms with van der Waals surface area (Å²) in [4.78, 5) is 51.8. The fourth-order valence-corrected chi connectivity index (χ4v) is 3.75. The summed E-state index contributed by atoms with van der Waals surface area (Å²) in [6.07, 6.45) is 3.34. The number of rotatable bonds is 13. The van der Waals surface area contributed by atoms with Gasteiger partial charge in [-0.05, 0) is 50.5 Å². The van der Waals surface area contributed by atoms with Crippen LogP contribution >= 0.6 is 0 Å². The van der Waals surface area contributed by atoms with Crippen molar-refractivity contribution >= 4 is 23.7 Å². The first-order valence-corrected chi connectivity index (χ1v) is 11.6. The average Bonchev–Trinajstić information content (AvgIpc) is 3.24. The third-order valence-corrected chi connectivity index (χ3v) is 6.20. The van der Waals surface area contributed by atoms with Crippen molar-refractivity contribution in [3.8, 4) is 0 Å². The number of hydrogen-bond donors (Lipinski definition) is 5. The van der Waals surface area contributed by atoms with Crippen molar-refractivity contribution in [2.45, 2.75) is 90.4 Å². The lowest BCUT2D eigenvalue weighted by Crippen LogP contribution is -2.57. The summed E-state index contributed by atoms with van der Waals surface area (Å²) in [5.74, 6) is -2.68. The summed E-state index contributed by atoms with van der Waals surface area (Å²) in [6, 6.07) is -3.34. The standard InChI is InChI=1S/C22H41N5O5/c1-5-14(4)18(22(31)32)26-19(28)15(9-6-7-11-23)25-20(29)16-10-8-12-27(16)21(30)17(24)13(2)3/h13-18H,5-12,23-24H2,1-4H3,(H,25,29)(H,26,28)(H,31,32). The minimum atomic E-state index is -1.12. The van der Waals surface area contributed by atoms with Crippen LogP contribution in [0.5, 0.6) is 0 Å². The van der Waals surface area contributed by atoms with Gasteiger partial charge in [0.25, 0.3) is 0 Å². The van der Waals surface area contributed by atoms with Gasteiger partial charge in [-0.2, -0.15) is 0 Å². The number of aliphatic carboxylic acids is 1. The third-order valence-electron chi connectivity index (χ3n) is 6.20. The second kappa shape index (κ2) is 13.4. The topological polar surface area (TPSA) is 168 Å². The molecule has 0 bridgehead atoms. The van der Waals surface area contributed by atoms with E-state index in [2.05, 4.69) is 10.6 Å². The molecule has 0 radical (unpaired) electrons. The Hall–Kier alpha value is -2.20. The lowest BCUT2D eigenvalue weighted by Gasteiger charge is -2.30. The van der Waals surface area contributed by atoms with E-state index < -0.39 is 42.0 Å². The van der Waals surface area contributed by atoms with E-state index in [-0.39, 0.29) is 17.7 Å². The van der Waals surface area contributed by atoms with Crippen molar-refractivity contribution in [3.63, 3.8) is 0 Å². The van der Waals surface area contributed by atoms with Crippen LogP contribution in [-0.4, -0.2) is 71.0 Å². The Morgan fingerprint density at radius 2 is 1.78 bits per heavy atom. The Kier molecular flexibility index (Phi) is 11.6. The van der Waals surface area contributed by atoms with Crippen molar-refractivity contribution < 1.29 is 24.3 Å². The summed E-state index contributed by atoms with van der Waals surface area (Å²) in [6.45, 7) is 8.19. The van der Waals surface area contributed by atoms with Crippen LogP contribution in [0.4, 0.5) is 0 Å². The van der Waals surface area contributed by atoms with Crippen LogP contribution in [0.3, 0.4) is 0 Å². The molecule has 5 atom stereocenters. The summed E-state index contributed by atoms with van der Waals surface area (Å²) >= 11 is 0. The molecule has 0 aromatic carbocycles. The van der Waals surface area contributed by atoms with Gasteiger partial charge in [0, 0.05) is 6.54 Å². The molecular weight excluding hydrogens is 414 g/mol. The fraction of sp³-hybridized carbons (Fsp3) is 0.818. The number of nitrogens with two attached hydrogens (primary N) is 2. The van der Waals surface area contributed by atoms with Crippen molar-refractivity contribution in [2.75, 3.05) is 13.1 Å². The second-order valence-electron chi connectivity index (χ2n) is 9.02. The fourth-order valence-electron chi connectivity index (χ4n) is 3.75. The van der Waals surface area contributed by atoms with Gasteiger partial charge in [-0.25, -0.2) is 4.79 Å². The molecule has 1 aliphatic heterocycles. The van der Waals surface area contributed by atoms with Gasteiger partial charge in [0.1, 0.15) is 18.1 Å². The van der Waals surface area contributed by atoms with Gasteiger partial charge in [0.2, 0.25) is 17.7 Å². The maximum Gasteiger partial charge on any atom is 0.326 e. The van der Waals surface area contributed by atoms with Gasteiger partial charge in [-0.15, -0.1) is 0 Å². The Labute approximate surface area is 190 Å². The van der Waals surface area contributed by atoms with Crippen LogP contribution in [0.2, 0.25) is 0 Å². The van der Waals surface area contributed by atoms with Crippen molar-refractivity contribution in [1.82, 2.24) is 15.5 Å². The first-order chi connectivity index (χ1) is 15.0. The number of unbranched alkanes of at least 4 members (excludes halogenated alkanes) is 1. The number of likely N-dealkylation sites (tertiary alicyclic amines) is 1. The first kappa shape index (κ1) is 27.8. The van der Waals surface area contributed by atoms with Gasteiger partial charge in [0.05, 0.1) is 6.04 Å². The highest BCUT2D eigenvalue weighted by atomic mass is 16.4. The molecule has 1 aliphatic rings. The number of carbonyl (C=O) groups is 4. The van der Waals surface area contributed by atoms with Gasteiger partial charge in [-0.3, -0.25) is 14.4 Å². The van der Waals surface area contributed by atoms with E-state index in [4.69, 9.17) is 11.5 Å². The van der Waals surface area contributed by atoms with E-state index in [0.29, 0.717) is 51.6 Å². The van der Waals surface area contributed by atoms with E-state index in [1.54, 1.807) is 6.92 Å². The normalized spacial score (nSPS) is 19.8. The highest BCUT2D eigenvalue weighted by Crippen LogP contribution is 2.20. The number of carboxylic acids is 1. The monoisotopic (exact) mass is 455 g/mol.